The van der Waals surface area contributed by atoms with Crippen LogP contribution in [0, 0.1) is 41.5 Å². The summed E-state index contributed by atoms with van der Waals surface area (Å²) in [4.78, 5) is 8.00. The first-order valence-corrected chi connectivity index (χ1v) is 7.21. The first-order valence-electron chi connectivity index (χ1n) is 7.21. The van der Waals surface area contributed by atoms with E-state index in [1.165, 1.54) is 33.4 Å². The average molecular weight is 302 g/mol. The van der Waals surface area contributed by atoms with Gasteiger partial charge in [0, 0.05) is 7.11 Å². The predicted octanol–water partition coefficient (Wildman–Crippen LogP) is 4.65. The quantitative estimate of drug-likeness (QED) is 0.769. The van der Waals surface area contributed by atoms with Gasteiger partial charge in [-0.3, -0.25) is 0 Å². The van der Waals surface area contributed by atoms with Gasteiger partial charge < -0.3 is 9.90 Å². The molecule has 0 aliphatic carbocycles. The van der Waals surface area contributed by atoms with Crippen molar-refractivity contribution in [3.8, 4) is 0 Å². The Hall–Kier alpha value is -1.93. The van der Waals surface area contributed by atoms with Crippen LogP contribution in [0.25, 0.3) is 0 Å². The van der Waals surface area contributed by atoms with Crippen molar-refractivity contribution in [2.75, 3.05) is 7.11 Å². The van der Waals surface area contributed by atoms with Crippen LogP contribution in [0.5, 0.6) is 0 Å². The molecule has 2 rings (SSSR count). The topological polar surface area (TPSA) is 37.3 Å². The zero-order valence-electron chi connectivity index (χ0n) is 15.0. The molecule has 0 unspecified atom stereocenters. The highest BCUT2D eigenvalue weighted by atomic mass is 16.2. The van der Waals surface area contributed by atoms with Gasteiger partial charge in [0.05, 0.1) is 0 Å². The number of aliphatic hydroxyl groups is 1. The summed E-state index contributed by atoms with van der Waals surface area (Å²) in [6.45, 7) is 14.8. The standard InChI is InChI=1S/2C9H12.CH4O.CH2O/c2*1-7-4-5-8(2)9(3)6-7;2*1-2/h2*4-6H,1-3H3;2H,1H3;1H2. The van der Waals surface area contributed by atoms with E-state index in [1.807, 2.05) is 6.79 Å². The lowest BCUT2D eigenvalue weighted by Crippen LogP contribution is -1.79. The monoisotopic (exact) mass is 302 g/mol. The van der Waals surface area contributed by atoms with Gasteiger partial charge in [-0.2, -0.15) is 0 Å². The molecule has 1 N–H and O–H groups in total. The van der Waals surface area contributed by atoms with Crippen LogP contribution in [0.1, 0.15) is 33.4 Å². The summed E-state index contributed by atoms with van der Waals surface area (Å²) >= 11 is 0. The molecule has 0 amide bonds. The van der Waals surface area contributed by atoms with Gasteiger partial charge in [0.1, 0.15) is 6.79 Å². The summed E-state index contributed by atoms with van der Waals surface area (Å²) in [5.41, 5.74) is 8.21. The average Bonchev–Trinajstić information content (AvgIpc) is 2.52. The summed E-state index contributed by atoms with van der Waals surface area (Å²) in [5.74, 6) is 0. The molecule has 2 aromatic rings. The van der Waals surface area contributed by atoms with E-state index in [-0.39, 0.29) is 0 Å². The first-order chi connectivity index (χ1) is 10.4. The van der Waals surface area contributed by atoms with Crippen LogP contribution in [0.2, 0.25) is 0 Å². The second-order valence-electron chi connectivity index (χ2n) is 5.18. The van der Waals surface area contributed by atoms with Gasteiger partial charge in [0.15, 0.2) is 0 Å². The Morgan fingerprint density at radius 3 is 1.05 bits per heavy atom. The number of benzene rings is 2. The molecule has 0 saturated heterocycles. The summed E-state index contributed by atoms with van der Waals surface area (Å²) < 4.78 is 0. The Morgan fingerprint density at radius 1 is 0.591 bits per heavy atom. The number of hydrogen-bond donors (Lipinski definition) is 1. The van der Waals surface area contributed by atoms with Crippen molar-refractivity contribution in [1.29, 1.82) is 0 Å². The lowest BCUT2D eigenvalue weighted by atomic mass is 10.1. The third-order valence-corrected chi connectivity index (χ3v) is 3.32. The van der Waals surface area contributed by atoms with E-state index in [9.17, 15) is 0 Å². The number of aryl methyl sites for hydroxylation is 6. The normalized spacial score (nSPS) is 8.36. The molecule has 0 radical (unpaired) electrons. The van der Waals surface area contributed by atoms with E-state index in [1.54, 1.807) is 0 Å². The molecule has 0 saturated carbocycles. The fourth-order valence-corrected chi connectivity index (χ4v) is 1.78. The summed E-state index contributed by atoms with van der Waals surface area (Å²) in [7, 11) is 1.00. The molecule has 0 fully saturated rings. The second-order valence-corrected chi connectivity index (χ2v) is 5.18. The van der Waals surface area contributed by atoms with Gasteiger partial charge in [-0.15, -0.1) is 0 Å². The van der Waals surface area contributed by atoms with Crippen molar-refractivity contribution in [1.82, 2.24) is 0 Å². The molecule has 2 aromatic carbocycles. The fraction of sp³-hybridized carbons (Fsp3) is 0.350. The minimum absolute atomic E-state index is 1.00. The van der Waals surface area contributed by atoms with Crippen molar-refractivity contribution in [3.63, 3.8) is 0 Å². The molecule has 2 nitrogen and oxygen atoms in total. The highest BCUT2D eigenvalue weighted by Gasteiger charge is 1.89. The lowest BCUT2D eigenvalue weighted by molar-refractivity contribution is -0.0979. The molecular weight excluding hydrogens is 272 g/mol. The van der Waals surface area contributed by atoms with Gasteiger partial charge in [0.25, 0.3) is 0 Å². The van der Waals surface area contributed by atoms with Crippen LogP contribution in [-0.4, -0.2) is 19.0 Å². The third kappa shape index (κ3) is 9.09. The molecule has 0 spiro atoms. The largest absolute Gasteiger partial charge is 0.400 e. The Balaban J connectivity index is 0. The number of carbonyl (C=O) groups excluding carboxylic acids is 1. The highest BCUT2D eigenvalue weighted by Crippen LogP contribution is 2.08. The van der Waals surface area contributed by atoms with Gasteiger partial charge in [-0.1, -0.05) is 47.5 Å². The minimum Gasteiger partial charge on any atom is -0.400 e. The zero-order valence-corrected chi connectivity index (χ0v) is 15.0. The van der Waals surface area contributed by atoms with Gasteiger partial charge >= 0.3 is 0 Å². The SMILES string of the molecule is C=O.CO.Cc1ccc(C)c(C)c1.Cc1ccc(C)c(C)c1. The summed E-state index contributed by atoms with van der Waals surface area (Å²) in [6, 6.07) is 13.0. The maximum Gasteiger partial charge on any atom is 0.106 e. The van der Waals surface area contributed by atoms with E-state index < -0.39 is 0 Å². The van der Waals surface area contributed by atoms with Crippen LogP contribution >= 0.6 is 0 Å². The molecule has 0 heterocycles. The molecule has 2 heteroatoms. The van der Waals surface area contributed by atoms with E-state index in [4.69, 9.17) is 9.90 Å². The lowest BCUT2D eigenvalue weighted by Gasteiger charge is -1.98. The Labute approximate surface area is 135 Å². The van der Waals surface area contributed by atoms with Crippen molar-refractivity contribution >= 4 is 6.79 Å². The molecule has 0 bridgehead atoms. The smallest absolute Gasteiger partial charge is 0.106 e. The minimum atomic E-state index is 1.00. The van der Waals surface area contributed by atoms with Crippen molar-refractivity contribution in [2.24, 2.45) is 0 Å². The van der Waals surface area contributed by atoms with Crippen molar-refractivity contribution in [3.05, 3.63) is 69.8 Å². The Bertz CT molecular complexity index is 496. The van der Waals surface area contributed by atoms with Crippen LogP contribution in [0.4, 0.5) is 0 Å². The van der Waals surface area contributed by atoms with Crippen LogP contribution in [0.3, 0.4) is 0 Å². The molecular formula is C20H30O2. The first kappa shape index (κ1) is 22.4. The van der Waals surface area contributed by atoms with Crippen molar-refractivity contribution < 1.29 is 9.90 Å². The number of aliphatic hydroxyl groups excluding tert-OH is 1. The Kier molecular flexibility index (Phi) is 13.0. The molecule has 0 aliphatic heterocycles. The van der Waals surface area contributed by atoms with Crippen LogP contribution < -0.4 is 0 Å². The van der Waals surface area contributed by atoms with E-state index >= 15 is 0 Å². The maximum atomic E-state index is 8.00. The fourth-order valence-electron chi connectivity index (χ4n) is 1.78. The van der Waals surface area contributed by atoms with Crippen molar-refractivity contribution in [2.45, 2.75) is 41.5 Å². The van der Waals surface area contributed by atoms with Gasteiger partial charge in [0.2, 0.25) is 0 Å². The number of rotatable bonds is 0. The second kappa shape index (κ2) is 12.8. The molecule has 0 atom stereocenters. The molecule has 0 aliphatic rings. The van der Waals surface area contributed by atoms with Crippen LogP contribution in [-0.2, 0) is 4.79 Å². The van der Waals surface area contributed by atoms with E-state index in [0.29, 0.717) is 0 Å². The zero-order chi connectivity index (χ0) is 17.7. The number of hydrogen-bond acceptors (Lipinski definition) is 2. The highest BCUT2D eigenvalue weighted by molar-refractivity contribution is 5.29. The van der Waals surface area contributed by atoms with Gasteiger partial charge in [-0.25, -0.2) is 0 Å². The van der Waals surface area contributed by atoms with Gasteiger partial charge in [-0.05, 0) is 63.8 Å². The van der Waals surface area contributed by atoms with E-state index in [0.717, 1.165) is 7.11 Å². The molecule has 0 aromatic heterocycles. The third-order valence-electron chi connectivity index (χ3n) is 3.32. The van der Waals surface area contributed by atoms with E-state index in [2.05, 4.69) is 77.9 Å². The molecule has 122 valence electrons. The Morgan fingerprint density at radius 2 is 0.864 bits per heavy atom. The summed E-state index contributed by atoms with van der Waals surface area (Å²) in [6.07, 6.45) is 0. The maximum absolute atomic E-state index is 8.00. The number of carbonyl (C=O) groups is 1. The predicted molar refractivity (Wildman–Crippen MR) is 96.6 cm³/mol. The summed E-state index contributed by atoms with van der Waals surface area (Å²) in [5, 5.41) is 7.00. The molecule has 22 heavy (non-hydrogen) atoms. The van der Waals surface area contributed by atoms with Crippen LogP contribution in [0.15, 0.2) is 36.4 Å².